The minimum atomic E-state index is -0.191. The van der Waals surface area contributed by atoms with E-state index in [2.05, 4.69) is 31.2 Å². The lowest BCUT2D eigenvalue weighted by Crippen LogP contribution is -2.15. The molecule has 0 aromatic heterocycles. The maximum Gasteiger partial charge on any atom is 0.0670 e. The lowest BCUT2D eigenvalue weighted by molar-refractivity contribution is 0.200. The second-order valence-electron chi connectivity index (χ2n) is 5.08. The molecule has 94 valence electrons. The molecule has 1 aliphatic rings. The number of benzene rings is 1. The minimum absolute atomic E-state index is 0.191. The zero-order valence-corrected chi connectivity index (χ0v) is 11.4. The van der Waals surface area contributed by atoms with Crippen LogP contribution in [-0.4, -0.2) is 22.2 Å². The van der Waals surface area contributed by atoms with Gasteiger partial charge in [-0.15, -0.1) is 0 Å². The van der Waals surface area contributed by atoms with E-state index in [4.69, 9.17) is 0 Å². The maximum atomic E-state index is 10.0. The van der Waals surface area contributed by atoms with Gasteiger partial charge in [-0.05, 0) is 31.7 Å². The molecule has 0 aliphatic heterocycles. The van der Waals surface area contributed by atoms with Gasteiger partial charge in [0.25, 0.3) is 0 Å². The SMILES string of the molecule is Cc1ccc(CC(O)CSC2CCCC2)cc1. The first-order valence-corrected chi connectivity index (χ1v) is 7.64. The van der Waals surface area contributed by atoms with Gasteiger partial charge in [0.05, 0.1) is 6.10 Å². The van der Waals surface area contributed by atoms with Crippen LogP contribution in [0.3, 0.4) is 0 Å². The molecule has 0 amide bonds. The van der Waals surface area contributed by atoms with Crippen LogP contribution in [0.4, 0.5) is 0 Å². The molecule has 1 unspecified atom stereocenters. The fraction of sp³-hybridized carbons (Fsp3) is 0.600. The molecule has 1 aromatic rings. The Kier molecular flexibility index (Phi) is 4.93. The predicted octanol–water partition coefficient (Wildman–Crippen LogP) is 3.57. The van der Waals surface area contributed by atoms with Gasteiger partial charge in [-0.1, -0.05) is 42.7 Å². The number of thioether (sulfide) groups is 1. The van der Waals surface area contributed by atoms with Crippen LogP contribution in [0.15, 0.2) is 24.3 Å². The van der Waals surface area contributed by atoms with Gasteiger partial charge in [0, 0.05) is 11.0 Å². The van der Waals surface area contributed by atoms with Crippen molar-refractivity contribution in [3.8, 4) is 0 Å². The highest BCUT2D eigenvalue weighted by Gasteiger charge is 2.16. The molecule has 1 nitrogen and oxygen atoms in total. The van der Waals surface area contributed by atoms with E-state index < -0.39 is 0 Å². The second-order valence-corrected chi connectivity index (χ2v) is 6.42. The molecule has 0 radical (unpaired) electrons. The van der Waals surface area contributed by atoms with Gasteiger partial charge in [-0.2, -0.15) is 11.8 Å². The number of aliphatic hydroxyl groups excluding tert-OH is 1. The van der Waals surface area contributed by atoms with Crippen LogP contribution < -0.4 is 0 Å². The molecule has 1 aliphatic carbocycles. The Morgan fingerprint density at radius 1 is 1.24 bits per heavy atom. The zero-order valence-electron chi connectivity index (χ0n) is 10.6. The Balaban J connectivity index is 1.72. The van der Waals surface area contributed by atoms with Crippen molar-refractivity contribution in [3.05, 3.63) is 35.4 Å². The third-order valence-corrected chi connectivity index (χ3v) is 4.94. The summed E-state index contributed by atoms with van der Waals surface area (Å²) in [5, 5.41) is 10.8. The molecule has 0 saturated heterocycles. The van der Waals surface area contributed by atoms with E-state index in [0.29, 0.717) is 0 Å². The smallest absolute Gasteiger partial charge is 0.0670 e. The first kappa shape index (κ1) is 13.0. The van der Waals surface area contributed by atoms with Crippen molar-refractivity contribution in [1.82, 2.24) is 0 Å². The number of hydrogen-bond donors (Lipinski definition) is 1. The van der Waals surface area contributed by atoms with E-state index in [9.17, 15) is 5.11 Å². The number of hydrogen-bond acceptors (Lipinski definition) is 2. The molecule has 1 saturated carbocycles. The van der Waals surface area contributed by atoms with E-state index in [1.54, 1.807) is 0 Å². The highest BCUT2D eigenvalue weighted by atomic mass is 32.2. The van der Waals surface area contributed by atoms with Gasteiger partial charge in [-0.25, -0.2) is 0 Å². The van der Waals surface area contributed by atoms with Gasteiger partial charge in [0.2, 0.25) is 0 Å². The number of rotatable bonds is 5. The summed E-state index contributed by atoms with van der Waals surface area (Å²) >= 11 is 1.96. The maximum absolute atomic E-state index is 10.0. The molecule has 2 heteroatoms. The summed E-state index contributed by atoms with van der Waals surface area (Å²) in [6.45, 7) is 2.09. The molecular formula is C15H22OS. The topological polar surface area (TPSA) is 20.2 Å². The number of aryl methyl sites for hydroxylation is 1. The molecule has 17 heavy (non-hydrogen) atoms. The Morgan fingerprint density at radius 3 is 2.53 bits per heavy atom. The lowest BCUT2D eigenvalue weighted by atomic mass is 10.1. The third kappa shape index (κ3) is 4.36. The van der Waals surface area contributed by atoms with E-state index >= 15 is 0 Å². The average molecular weight is 250 g/mol. The summed E-state index contributed by atoms with van der Waals surface area (Å²) in [4.78, 5) is 0. The Morgan fingerprint density at radius 2 is 1.88 bits per heavy atom. The van der Waals surface area contributed by atoms with Crippen LogP contribution in [0.5, 0.6) is 0 Å². The van der Waals surface area contributed by atoms with Crippen molar-refractivity contribution in [2.24, 2.45) is 0 Å². The summed E-state index contributed by atoms with van der Waals surface area (Å²) in [5.41, 5.74) is 2.53. The number of aliphatic hydroxyl groups is 1. The Bertz CT molecular complexity index is 327. The van der Waals surface area contributed by atoms with Crippen molar-refractivity contribution >= 4 is 11.8 Å². The summed E-state index contributed by atoms with van der Waals surface area (Å²) < 4.78 is 0. The van der Waals surface area contributed by atoms with Crippen LogP contribution in [0.1, 0.15) is 36.8 Å². The van der Waals surface area contributed by atoms with E-state index in [-0.39, 0.29) is 6.10 Å². The van der Waals surface area contributed by atoms with Crippen molar-refractivity contribution in [3.63, 3.8) is 0 Å². The molecular weight excluding hydrogens is 228 g/mol. The first-order chi connectivity index (χ1) is 8.24. The predicted molar refractivity (Wildman–Crippen MR) is 75.6 cm³/mol. The van der Waals surface area contributed by atoms with Crippen LogP contribution in [0, 0.1) is 6.92 Å². The average Bonchev–Trinajstić information content (AvgIpc) is 2.83. The molecule has 0 spiro atoms. The fourth-order valence-corrected chi connectivity index (χ4v) is 3.64. The molecule has 0 heterocycles. The van der Waals surface area contributed by atoms with Crippen molar-refractivity contribution in [2.45, 2.75) is 50.4 Å². The summed E-state index contributed by atoms with van der Waals surface area (Å²) in [7, 11) is 0. The summed E-state index contributed by atoms with van der Waals surface area (Å²) in [6.07, 6.45) is 6.06. The van der Waals surface area contributed by atoms with Gasteiger partial charge < -0.3 is 5.11 Å². The molecule has 1 aromatic carbocycles. The molecule has 2 rings (SSSR count). The largest absolute Gasteiger partial charge is 0.392 e. The first-order valence-electron chi connectivity index (χ1n) is 6.59. The quantitative estimate of drug-likeness (QED) is 0.862. The zero-order chi connectivity index (χ0) is 12.1. The van der Waals surface area contributed by atoms with Gasteiger partial charge >= 0.3 is 0 Å². The standard InChI is InChI=1S/C15H22OS/c1-12-6-8-13(9-7-12)10-14(16)11-17-15-4-2-3-5-15/h6-9,14-16H,2-5,10-11H2,1H3. The van der Waals surface area contributed by atoms with Gasteiger partial charge in [0.15, 0.2) is 0 Å². The van der Waals surface area contributed by atoms with Crippen LogP contribution in [0.2, 0.25) is 0 Å². The second kappa shape index (κ2) is 6.46. The highest BCUT2D eigenvalue weighted by molar-refractivity contribution is 7.99. The van der Waals surface area contributed by atoms with E-state index in [0.717, 1.165) is 17.4 Å². The Hall–Kier alpha value is -0.470. The molecule has 1 atom stereocenters. The monoisotopic (exact) mass is 250 g/mol. The van der Waals surface area contributed by atoms with Crippen LogP contribution in [-0.2, 0) is 6.42 Å². The van der Waals surface area contributed by atoms with Crippen LogP contribution >= 0.6 is 11.8 Å². The van der Waals surface area contributed by atoms with Gasteiger partial charge in [-0.3, -0.25) is 0 Å². The van der Waals surface area contributed by atoms with E-state index in [1.807, 2.05) is 11.8 Å². The minimum Gasteiger partial charge on any atom is -0.392 e. The highest BCUT2D eigenvalue weighted by Crippen LogP contribution is 2.29. The summed E-state index contributed by atoms with van der Waals surface area (Å²) in [6, 6.07) is 8.48. The van der Waals surface area contributed by atoms with Crippen molar-refractivity contribution < 1.29 is 5.11 Å². The van der Waals surface area contributed by atoms with Crippen LogP contribution in [0.25, 0.3) is 0 Å². The third-order valence-electron chi connectivity index (χ3n) is 3.42. The lowest BCUT2D eigenvalue weighted by Gasteiger charge is -2.13. The normalized spacial score (nSPS) is 18.5. The fourth-order valence-electron chi connectivity index (χ4n) is 2.36. The van der Waals surface area contributed by atoms with Crippen molar-refractivity contribution in [2.75, 3.05) is 5.75 Å². The van der Waals surface area contributed by atoms with Crippen molar-refractivity contribution in [1.29, 1.82) is 0 Å². The summed E-state index contributed by atoms with van der Waals surface area (Å²) in [5.74, 6) is 0.887. The van der Waals surface area contributed by atoms with Gasteiger partial charge in [0.1, 0.15) is 0 Å². The molecule has 0 bridgehead atoms. The van der Waals surface area contributed by atoms with E-state index in [1.165, 1.54) is 36.8 Å². The molecule has 1 fully saturated rings. The molecule has 1 N–H and O–H groups in total. The Labute approximate surface area is 109 Å².